The molecule has 1 atom stereocenters. The lowest BCUT2D eigenvalue weighted by molar-refractivity contribution is -0.143. The molecule has 6 nitrogen and oxygen atoms in total. The highest BCUT2D eigenvalue weighted by atomic mass is 16.4. The van der Waals surface area contributed by atoms with Crippen molar-refractivity contribution in [2.75, 3.05) is 11.4 Å². The zero-order valence-corrected chi connectivity index (χ0v) is 12.3. The molecule has 1 saturated heterocycles. The topological polar surface area (TPSA) is 86.3 Å². The molecule has 1 aliphatic carbocycles. The number of aromatic amines is 1. The zero-order chi connectivity index (χ0) is 15.0. The van der Waals surface area contributed by atoms with Gasteiger partial charge in [0.2, 0.25) is 0 Å². The van der Waals surface area contributed by atoms with Gasteiger partial charge in [0.05, 0.1) is 0 Å². The zero-order valence-electron chi connectivity index (χ0n) is 12.3. The van der Waals surface area contributed by atoms with Crippen LogP contribution < -0.4 is 10.5 Å². The molecule has 1 aromatic heterocycles. The molecule has 1 aromatic rings. The van der Waals surface area contributed by atoms with Gasteiger partial charge in [0, 0.05) is 18.5 Å². The second-order valence-electron chi connectivity index (χ2n) is 6.11. The molecule has 0 spiro atoms. The summed E-state index contributed by atoms with van der Waals surface area (Å²) >= 11 is 0. The van der Waals surface area contributed by atoms with Crippen molar-refractivity contribution < 1.29 is 9.90 Å². The highest BCUT2D eigenvalue weighted by Crippen LogP contribution is 2.40. The third-order valence-corrected chi connectivity index (χ3v) is 4.54. The lowest BCUT2D eigenvalue weighted by atomic mass is 9.90. The second kappa shape index (κ2) is 5.16. The minimum absolute atomic E-state index is 0.190. The Bertz CT molecular complexity index is 608. The first-order valence-electron chi connectivity index (χ1n) is 7.69. The Balaban J connectivity index is 2.01. The van der Waals surface area contributed by atoms with Gasteiger partial charge < -0.3 is 15.0 Å². The predicted molar refractivity (Wildman–Crippen MR) is 78.7 cm³/mol. The predicted octanol–water partition coefficient (Wildman–Crippen LogP) is 1.87. The van der Waals surface area contributed by atoms with Gasteiger partial charge in [-0.15, -0.1) is 0 Å². The van der Waals surface area contributed by atoms with Crippen LogP contribution in [0.25, 0.3) is 0 Å². The van der Waals surface area contributed by atoms with Crippen molar-refractivity contribution in [1.29, 1.82) is 0 Å². The number of carbonyl (C=O) groups is 1. The summed E-state index contributed by atoms with van der Waals surface area (Å²) in [5.74, 6) is 0.761. The number of carboxylic acid groups (broad SMARTS) is 1. The fraction of sp³-hybridized carbons (Fsp3) is 0.667. The Kier molecular flexibility index (Phi) is 3.47. The van der Waals surface area contributed by atoms with Gasteiger partial charge in [-0.2, -0.15) is 0 Å². The van der Waals surface area contributed by atoms with Gasteiger partial charge in [-0.3, -0.25) is 4.79 Å². The Labute approximate surface area is 123 Å². The molecule has 0 amide bonds. The smallest absolute Gasteiger partial charge is 0.329 e. The highest BCUT2D eigenvalue weighted by molar-refractivity contribution is 5.84. The molecule has 3 rings (SSSR count). The molecule has 1 aliphatic heterocycles. The van der Waals surface area contributed by atoms with E-state index in [2.05, 4.69) is 9.97 Å². The lowest BCUT2D eigenvalue weighted by Gasteiger charge is -2.35. The first kappa shape index (κ1) is 14.1. The van der Waals surface area contributed by atoms with Crippen molar-refractivity contribution in [3.05, 3.63) is 22.2 Å². The van der Waals surface area contributed by atoms with Crippen LogP contribution in [0.3, 0.4) is 0 Å². The van der Waals surface area contributed by atoms with Gasteiger partial charge in [-0.05, 0) is 32.1 Å². The van der Waals surface area contributed by atoms with Crippen LogP contribution in [0.4, 0.5) is 5.82 Å². The van der Waals surface area contributed by atoms with Crippen LogP contribution in [0.5, 0.6) is 0 Å². The number of nitrogens with one attached hydrogen (secondary N) is 1. The largest absolute Gasteiger partial charge is 0.479 e. The van der Waals surface area contributed by atoms with Crippen molar-refractivity contribution in [2.24, 2.45) is 0 Å². The van der Waals surface area contributed by atoms with Crippen LogP contribution in [0.2, 0.25) is 0 Å². The maximum atomic E-state index is 11.9. The summed E-state index contributed by atoms with van der Waals surface area (Å²) in [6, 6.07) is 1.44. The molecule has 0 aromatic carbocycles. The fourth-order valence-corrected chi connectivity index (χ4v) is 3.37. The number of hydrogen-bond donors (Lipinski definition) is 2. The van der Waals surface area contributed by atoms with Gasteiger partial charge in [0.15, 0.2) is 0 Å². The van der Waals surface area contributed by atoms with Crippen LogP contribution in [-0.4, -0.2) is 33.1 Å². The number of H-pyrrole nitrogens is 1. The SMILES string of the molecule is CCCC1(C(=O)O)CCCN1c1cc(=O)[nH]c(C2CC2)n1. The molecule has 2 aliphatic rings. The summed E-state index contributed by atoms with van der Waals surface area (Å²) in [5, 5.41) is 9.73. The van der Waals surface area contributed by atoms with Gasteiger partial charge in [0.25, 0.3) is 5.56 Å². The minimum Gasteiger partial charge on any atom is -0.479 e. The van der Waals surface area contributed by atoms with Gasteiger partial charge in [-0.25, -0.2) is 9.78 Å². The van der Waals surface area contributed by atoms with E-state index in [-0.39, 0.29) is 5.56 Å². The van der Waals surface area contributed by atoms with Gasteiger partial charge >= 0.3 is 5.97 Å². The Morgan fingerprint density at radius 3 is 2.95 bits per heavy atom. The summed E-state index contributed by atoms with van der Waals surface area (Å²) in [7, 11) is 0. The quantitative estimate of drug-likeness (QED) is 0.865. The van der Waals surface area contributed by atoms with E-state index in [1.165, 1.54) is 6.07 Å². The minimum atomic E-state index is -0.906. The second-order valence-corrected chi connectivity index (χ2v) is 6.11. The molecule has 0 bridgehead atoms. The fourth-order valence-electron chi connectivity index (χ4n) is 3.37. The number of rotatable bonds is 5. The maximum absolute atomic E-state index is 11.9. The van der Waals surface area contributed by atoms with E-state index >= 15 is 0 Å². The molecule has 0 radical (unpaired) electrons. The standard InChI is InChI=1S/C15H21N3O3/c1-2-6-15(14(20)21)7-3-8-18(15)11-9-12(19)17-13(16-11)10-4-5-10/h9-10H,2-8H2,1H3,(H,20,21)(H,16,17,19). The molecule has 114 valence electrons. The Morgan fingerprint density at radius 2 is 2.33 bits per heavy atom. The van der Waals surface area contributed by atoms with E-state index < -0.39 is 11.5 Å². The van der Waals surface area contributed by atoms with Crippen molar-refractivity contribution in [3.8, 4) is 0 Å². The third-order valence-electron chi connectivity index (χ3n) is 4.54. The van der Waals surface area contributed by atoms with E-state index in [1.54, 1.807) is 0 Å². The Morgan fingerprint density at radius 1 is 1.57 bits per heavy atom. The molecule has 2 heterocycles. The van der Waals surface area contributed by atoms with E-state index in [0.29, 0.717) is 36.9 Å². The third kappa shape index (κ3) is 2.43. The van der Waals surface area contributed by atoms with Crippen molar-refractivity contribution in [1.82, 2.24) is 9.97 Å². The number of hydrogen-bond acceptors (Lipinski definition) is 4. The molecule has 2 fully saturated rings. The number of aliphatic carboxylic acids is 1. The van der Waals surface area contributed by atoms with Crippen molar-refractivity contribution in [3.63, 3.8) is 0 Å². The van der Waals surface area contributed by atoms with Crippen molar-refractivity contribution >= 4 is 11.8 Å². The molecular formula is C15H21N3O3. The maximum Gasteiger partial charge on any atom is 0.329 e. The lowest BCUT2D eigenvalue weighted by Crippen LogP contribution is -2.51. The van der Waals surface area contributed by atoms with Crippen LogP contribution in [0.15, 0.2) is 10.9 Å². The summed E-state index contributed by atoms with van der Waals surface area (Å²) in [5.41, 5.74) is -1.10. The molecule has 1 saturated carbocycles. The molecule has 2 N–H and O–H groups in total. The van der Waals surface area contributed by atoms with Crippen molar-refractivity contribution in [2.45, 2.75) is 56.9 Å². The number of aromatic nitrogens is 2. The average Bonchev–Trinajstić information content (AvgIpc) is 3.19. The molecular weight excluding hydrogens is 270 g/mol. The van der Waals surface area contributed by atoms with Crippen LogP contribution in [0, 0.1) is 0 Å². The van der Waals surface area contributed by atoms with E-state index in [0.717, 1.165) is 25.7 Å². The van der Waals surface area contributed by atoms with E-state index in [9.17, 15) is 14.7 Å². The van der Waals surface area contributed by atoms with Gasteiger partial charge in [0.1, 0.15) is 17.2 Å². The molecule has 21 heavy (non-hydrogen) atoms. The number of carboxylic acids is 1. The molecule has 6 heteroatoms. The molecule has 1 unspecified atom stereocenters. The van der Waals surface area contributed by atoms with Crippen LogP contribution in [-0.2, 0) is 4.79 Å². The summed E-state index contributed by atoms with van der Waals surface area (Å²) < 4.78 is 0. The average molecular weight is 291 g/mol. The monoisotopic (exact) mass is 291 g/mol. The van der Waals surface area contributed by atoms with E-state index in [1.807, 2.05) is 11.8 Å². The summed E-state index contributed by atoms with van der Waals surface area (Å²) in [4.78, 5) is 32.9. The van der Waals surface area contributed by atoms with Gasteiger partial charge in [-0.1, -0.05) is 13.3 Å². The highest BCUT2D eigenvalue weighted by Gasteiger charge is 2.47. The van der Waals surface area contributed by atoms with Crippen LogP contribution in [0.1, 0.15) is 57.2 Å². The summed E-state index contributed by atoms with van der Waals surface area (Å²) in [6.07, 6.45) is 4.90. The Hall–Kier alpha value is -1.85. The normalized spacial score (nSPS) is 25.3. The first-order valence-corrected chi connectivity index (χ1v) is 7.69. The first-order chi connectivity index (χ1) is 10.1. The van der Waals surface area contributed by atoms with E-state index in [4.69, 9.17) is 0 Å². The summed E-state index contributed by atoms with van der Waals surface area (Å²) in [6.45, 7) is 2.63. The number of nitrogens with zero attached hydrogens (tertiary/aromatic N) is 2. The van der Waals surface area contributed by atoms with Crippen LogP contribution >= 0.6 is 0 Å². The number of anilines is 1.